The Balaban J connectivity index is 2.02. The molecular weight excluding hydrogens is 288 g/mol. The number of carbonyl (C=O) groups is 1. The van der Waals surface area contributed by atoms with Gasteiger partial charge in [0.2, 0.25) is 0 Å². The van der Waals surface area contributed by atoms with E-state index in [4.69, 9.17) is 16.3 Å². The molecule has 4 nitrogen and oxygen atoms in total. The quantitative estimate of drug-likeness (QED) is 0.935. The fraction of sp³-hybridized carbons (Fsp3) is 0.250. The van der Waals surface area contributed by atoms with Crippen LogP contribution in [-0.2, 0) is 4.79 Å². The largest absolute Gasteiger partial charge is 0.481 e. The van der Waals surface area contributed by atoms with Crippen LogP contribution in [0.25, 0.3) is 0 Å². The SMILES string of the molecule is Cc1cc(C)nc(NC(=O)C(C)Oc2cccc(Cl)c2)c1. The highest BCUT2D eigenvalue weighted by molar-refractivity contribution is 6.30. The zero-order valence-electron chi connectivity index (χ0n) is 12.2. The topological polar surface area (TPSA) is 51.2 Å². The zero-order chi connectivity index (χ0) is 15.4. The third-order valence-electron chi connectivity index (χ3n) is 2.83. The number of carbonyl (C=O) groups excluding carboxylic acids is 1. The summed E-state index contributed by atoms with van der Waals surface area (Å²) in [6.45, 7) is 5.52. The number of aryl methyl sites for hydroxylation is 2. The Morgan fingerprint density at radius 3 is 2.71 bits per heavy atom. The van der Waals surface area contributed by atoms with E-state index in [1.54, 1.807) is 31.2 Å². The zero-order valence-corrected chi connectivity index (χ0v) is 12.9. The van der Waals surface area contributed by atoms with Crippen molar-refractivity contribution in [2.45, 2.75) is 26.9 Å². The number of anilines is 1. The van der Waals surface area contributed by atoms with E-state index in [2.05, 4.69) is 10.3 Å². The number of hydrogen-bond donors (Lipinski definition) is 1. The number of nitrogens with one attached hydrogen (secondary N) is 1. The predicted octanol–water partition coefficient (Wildman–Crippen LogP) is 3.76. The van der Waals surface area contributed by atoms with Gasteiger partial charge in [0.05, 0.1) is 0 Å². The fourth-order valence-electron chi connectivity index (χ4n) is 1.93. The molecule has 1 unspecified atom stereocenters. The number of aromatic nitrogens is 1. The van der Waals surface area contributed by atoms with Gasteiger partial charge >= 0.3 is 0 Å². The van der Waals surface area contributed by atoms with Gasteiger partial charge < -0.3 is 10.1 Å². The van der Waals surface area contributed by atoms with Crippen LogP contribution in [0.2, 0.25) is 5.02 Å². The summed E-state index contributed by atoms with van der Waals surface area (Å²) < 4.78 is 5.57. The molecule has 1 atom stereocenters. The number of halogens is 1. The maximum Gasteiger partial charge on any atom is 0.266 e. The van der Waals surface area contributed by atoms with Crippen molar-refractivity contribution in [3.8, 4) is 5.75 Å². The lowest BCUT2D eigenvalue weighted by Gasteiger charge is -2.15. The summed E-state index contributed by atoms with van der Waals surface area (Å²) >= 11 is 5.88. The van der Waals surface area contributed by atoms with E-state index < -0.39 is 6.10 Å². The lowest BCUT2D eigenvalue weighted by molar-refractivity contribution is -0.122. The molecule has 0 radical (unpaired) electrons. The molecule has 0 bridgehead atoms. The molecule has 110 valence electrons. The lowest BCUT2D eigenvalue weighted by atomic mass is 10.2. The third-order valence-corrected chi connectivity index (χ3v) is 3.06. The second-order valence-electron chi connectivity index (χ2n) is 4.88. The summed E-state index contributed by atoms with van der Waals surface area (Å²) in [6, 6.07) is 10.7. The first-order valence-electron chi connectivity index (χ1n) is 6.62. The van der Waals surface area contributed by atoms with Gasteiger partial charge in [0.15, 0.2) is 6.10 Å². The van der Waals surface area contributed by atoms with Crippen LogP contribution in [0.3, 0.4) is 0 Å². The average Bonchev–Trinajstić information content (AvgIpc) is 2.37. The maximum atomic E-state index is 12.1. The van der Waals surface area contributed by atoms with Gasteiger partial charge in [-0.25, -0.2) is 4.98 Å². The average molecular weight is 305 g/mol. The smallest absolute Gasteiger partial charge is 0.266 e. The Kier molecular flexibility index (Phi) is 4.81. The first-order chi connectivity index (χ1) is 9.94. The Bertz CT molecular complexity index is 638. The molecule has 1 amide bonds. The van der Waals surface area contributed by atoms with Crippen molar-refractivity contribution in [1.29, 1.82) is 0 Å². The summed E-state index contributed by atoms with van der Waals surface area (Å²) in [5.74, 6) is 0.824. The van der Waals surface area contributed by atoms with Crippen LogP contribution in [0, 0.1) is 13.8 Å². The summed E-state index contributed by atoms with van der Waals surface area (Å²) in [5, 5.41) is 3.32. The highest BCUT2D eigenvalue weighted by Crippen LogP contribution is 2.18. The summed E-state index contributed by atoms with van der Waals surface area (Å²) in [6.07, 6.45) is -0.647. The highest BCUT2D eigenvalue weighted by Gasteiger charge is 2.15. The Morgan fingerprint density at radius 1 is 1.29 bits per heavy atom. The molecule has 21 heavy (non-hydrogen) atoms. The number of pyridine rings is 1. The van der Waals surface area contributed by atoms with Gasteiger partial charge in [0.1, 0.15) is 11.6 Å². The van der Waals surface area contributed by atoms with Crippen molar-refractivity contribution in [2.24, 2.45) is 0 Å². The minimum Gasteiger partial charge on any atom is -0.481 e. The molecule has 2 rings (SSSR count). The predicted molar refractivity (Wildman–Crippen MR) is 83.9 cm³/mol. The van der Waals surface area contributed by atoms with Crippen molar-refractivity contribution in [3.05, 3.63) is 52.7 Å². The second kappa shape index (κ2) is 6.59. The van der Waals surface area contributed by atoms with Gasteiger partial charge in [0, 0.05) is 10.7 Å². The van der Waals surface area contributed by atoms with Crippen LogP contribution in [0.5, 0.6) is 5.75 Å². The number of rotatable bonds is 4. The standard InChI is InChI=1S/C16H17ClN2O2/c1-10-7-11(2)18-15(8-10)19-16(20)12(3)21-14-6-4-5-13(17)9-14/h4-9,12H,1-3H3,(H,18,19,20). The Labute approximate surface area is 129 Å². The molecule has 0 aliphatic heterocycles. The number of ether oxygens (including phenoxy) is 1. The highest BCUT2D eigenvalue weighted by atomic mass is 35.5. The molecule has 1 aromatic heterocycles. The van der Waals surface area contributed by atoms with Crippen molar-refractivity contribution in [2.75, 3.05) is 5.32 Å². The van der Waals surface area contributed by atoms with Crippen molar-refractivity contribution in [3.63, 3.8) is 0 Å². The van der Waals surface area contributed by atoms with E-state index in [-0.39, 0.29) is 5.91 Å². The summed E-state index contributed by atoms with van der Waals surface area (Å²) in [4.78, 5) is 16.4. The number of nitrogens with zero attached hydrogens (tertiary/aromatic N) is 1. The van der Waals surface area contributed by atoms with E-state index in [0.29, 0.717) is 16.6 Å². The first-order valence-corrected chi connectivity index (χ1v) is 7.00. The summed E-state index contributed by atoms with van der Waals surface area (Å²) in [5.41, 5.74) is 1.90. The first kappa shape index (κ1) is 15.3. The number of hydrogen-bond acceptors (Lipinski definition) is 3. The molecule has 0 fully saturated rings. The molecular formula is C16H17ClN2O2. The number of amides is 1. The van der Waals surface area contributed by atoms with Crippen LogP contribution in [0.4, 0.5) is 5.82 Å². The van der Waals surface area contributed by atoms with E-state index in [1.165, 1.54) is 0 Å². The minimum absolute atomic E-state index is 0.257. The molecule has 1 aromatic carbocycles. The van der Waals surface area contributed by atoms with Gasteiger partial charge in [-0.05, 0) is 56.7 Å². The molecule has 0 saturated carbocycles. The normalized spacial score (nSPS) is 11.8. The summed E-state index contributed by atoms with van der Waals surface area (Å²) in [7, 11) is 0. The van der Waals surface area contributed by atoms with E-state index >= 15 is 0 Å². The van der Waals surface area contributed by atoms with Crippen LogP contribution in [-0.4, -0.2) is 17.0 Å². The molecule has 2 aromatic rings. The molecule has 1 heterocycles. The van der Waals surface area contributed by atoms with Gasteiger partial charge in [-0.3, -0.25) is 4.79 Å². The minimum atomic E-state index is -0.647. The Hall–Kier alpha value is -2.07. The van der Waals surface area contributed by atoms with Crippen LogP contribution in [0.1, 0.15) is 18.2 Å². The maximum absolute atomic E-state index is 12.1. The van der Waals surface area contributed by atoms with Gasteiger partial charge in [-0.2, -0.15) is 0 Å². The molecule has 0 aliphatic carbocycles. The van der Waals surface area contributed by atoms with Gasteiger partial charge in [-0.15, -0.1) is 0 Å². The molecule has 1 N–H and O–H groups in total. The van der Waals surface area contributed by atoms with Crippen molar-refractivity contribution >= 4 is 23.3 Å². The van der Waals surface area contributed by atoms with Crippen LogP contribution >= 0.6 is 11.6 Å². The lowest BCUT2D eigenvalue weighted by Crippen LogP contribution is -2.30. The second-order valence-corrected chi connectivity index (χ2v) is 5.31. The van der Waals surface area contributed by atoms with E-state index in [1.807, 2.05) is 26.0 Å². The fourth-order valence-corrected chi connectivity index (χ4v) is 2.11. The van der Waals surface area contributed by atoms with Gasteiger partial charge in [-0.1, -0.05) is 17.7 Å². The Morgan fingerprint density at radius 2 is 2.05 bits per heavy atom. The van der Waals surface area contributed by atoms with E-state index in [9.17, 15) is 4.79 Å². The molecule has 0 saturated heterocycles. The number of benzene rings is 1. The third kappa shape index (κ3) is 4.46. The molecule has 0 spiro atoms. The van der Waals surface area contributed by atoms with Crippen LogP contribution < -0.4 is 10.1 Å². The van der Waals surface area contributed by atoms with Gasteiger partial charge in [0.25, 0.3) is 5.91 Å². The van der Waals surface area contributed by atoms with Crippen molar-refractivity contribution < 1.29 is 9.53 Å². The molecule has 5 heteroatoms. The van der Waals surface area contributed by atoms with E-state index in [0.717, 1.165) is 11.3 Å². The van der Waals surface area contributed by atoms with Crippen molar-refractivity contribution in [1.82, 2.24) is 4.98 Å². The van der Waals surface area contributed by atoms with Crippen LogP contribution in [0.15, 0.2) is 36.4 Å². The molecule has 0 aliphatic rings. The monoisotopic (exact) mass is 304 g/mol.